The highest BCUT2D eigenvalue weighted by molar-refractivity contribution is 6.31. The van der Waals surface area contributed by atoms with Crippen LogP contribution in [0.15, 0.2) is 36.5 Å². The van der Waals surface area contributed by atoms with E-state index in [0.717, 1.165) is 6.07 Å². The zero-order chi connectivity index (χ0) is 17.9. The lowest BCUT2D eigenvalue weighted by molar-refractivity contribution is -0.137. The van der Waals surface area contributed by atoms with E-state index >= 15 is 0 Å². The number of ketones is 1. The first kappa shape index (κ1) is 18.1. The molecule has 2 rings (SSSR count). The maximum atomic E-state index is 12.6. The van der Waals surface area contributed by atoms with Gasteiger partial charge in [-0.15, -0.1) is 0 Å². The Bertz CT molecular complexity index is 732. The molecule has 0 saturated heterocycles. The number of carbonyl (C=O) groups excluding carboxylic acids is 1. The summed E-state index contributed by atoms with van der Waals surface area (Å²) in [5, 5.41) is -0.254. The number of hydrogen-bond donors (Lipinski definition) is 0. The zero-order valence-electron chi connectivity index (χ0n) is 12.7. The van der Waals surface area contributed by atoms with Crippen LogP contribution in [-0.4, -0.2) is 16.9 Å². The van der Waals surface area contributed by atoms with Crippen molar-refractivity contribution < 1.29 is 27.4 Å². The second-order valence-electron chi connectivity index (χ2n) is 4.95. The molecule has 1 aromatic carbocycles. The van der Waals surface area contributed by atoms with Crippen molar-refractivity contribution in [3.63, 3.8) is 0 Å². The van der Waals surface area contributed by atoms with Crippen molar-refractivity contribution in [3.8, 4) is 17.4 Å². The molecule has 0 spiro atoms. The largest absolute Gasteiger partial charge is 0.483 e. The van der Waals surface area contributed by atoms with Gasteiger partial charge in [0.2, 0.25) is 5.88 Å². The van der Waals surface area contributed by atoms with Crippen LogP contribution in [0.3, 0.4) is 0 Å². The predicted octanol–water partition coefficient (Wildman–Crippen LogP) is 4.90. The second kappa shape index (κ2) is 7.09. The lowest BCUT2D eigenvalue weighted by atomic mass is 10.2. The first-order valence-electron chi connectivity index (χ1n) is 6.84. The van der Waals surface area contributed by atoms with Crippen molar-refractivity contribution >= 4 is 17.4 Å². The van der Waals surface area contributed by atoms with Crippen LogP contribution in [0.2, 0.25) is 5.02 Å². The standard InChI is InChI=1S/C16H13ClF3NO3/c1-9(22)10(2)23-12-3-5-13(6-4-12)24-15-14(17)7-11(8-21-15)16(18,19)20/h3-8,10H,1-2H3. The number of Topliss-reactive ketones (excluding diaryl/α,β-unsaturated/α-hetero) is 1. The Kier molecular flexibility index (Phi) is 5.33. The van der Waals surface area contributed by atoms with E-state index in [0.29, 0.717) is 17.7 Å². The molecule has 4 nitrogen and oxygen atoms in total. The minimum atomic E-state index is -4.53. The molecule has 1 aromatic heterocycles. The van der Waals surface area contributed by atoms with E-state index in [1.807, 2.05) is 0 Å². The summed E-state index contributed by atoms with van der Waals surface area (Å²) in [5.41, 5.74) is -0.957. The monoisotopic (exact) mass is 359 g/mol. The van der Waals surface area contributed by atoms with E-state index < -0.39 is 17.8 Å². The number of pyridine rings is 1. The van der Waals surface area contributed by atoms with Crippen LogP contribution < -0.4 is 9.47 Å². The Balaban J connectivity index is 2.10. The number of hydrogen-bond acceptors (Lipinski definition) is 4. The molecule has 1 atom stereocenters. The van der Waals surface area contributed by atoms with Crippen LogP contribution >= 0.6 is 11.6 Å². The number of nitrogens with zero attached hydrogens (tertiary/aromatic N) is 1. The van der Waals surface area contributed by atoms with E-state index in [2.05, 4.69) is 4.98 Å². The second-order valence-corrected chi connectivity index (χ2v) is 5.36. The van der Waals surface area contributed by atoms with Gasteiger partial charge in [0.15, 0.2) is 11.9 Å². The van der Waals surface area contributed by atoms with Crippen LogP contribution in [-0.2, 0) is 11.0 Å². The fraction of sp³-hybridized carbons (Fsp3) is 0.250. The van der Waals surface area contributed by atoms with E-state index in [1.165, 1.54) is 19.1 Å². The van der Waals surface area contributed by atoms with Crippen molar-refractivity contribution in [1.82, 2.24) is 4.98 Å². The SMILES string of the molecule is CC(=O)C(C)Oc1ccc(Oc2ncc(C(F)(F)F)cc2Cl)cc1. The third kappa shape index (κ3) is 4.61. The maximum absolute atomic E-state index is 12.6. The average molecular weight is 360 g/mol. The van der Waals surface area contributed by atoms with Crippen LogP contribution in [0.4, 0.5) is 13.2 Å². The zero-order valence-corrected chi connectivity index (χ0v) is 13.5. The maximum Gasteiger partial charge on any atom is 0.417 e. The number of alkyl halides is 3. The average Bonchev–Trinajstić information content (AvgIpc) is 2.50. The molecule has 1 unspecified atom stereocenters. The molecule has 0 fully saturated rings. The molecule has 8 heteroatoms. The van der Waals surface area contributed by atoms with E-state index in [4.69, 9.17) is 21.1 Å². The molecule has 0 aliphatic heterocycles. The Morgan fingerprint density at radius 3 is 2.29 bits per heavy atom. The first-order valence-corrected chi connectivity index (χ1v) is 7.22. The third-order valence-corrected chi connectivity index (χ3v) is 3.33. The summed E-state index contributed by atoms with van der Waals surface area (Å²) in [5.74, 6) is 0.509. The highest BCUT2D eigenvalue weighted by Crippen LogP contribution is 2.34. The van der Waals surface area contributed by atoms with Crippen LogP contribution in [0.1, 0.15) is 19.4 Å². The van der Waals surface area contributed by atoms with Gasteiger partial charge in [0.25, 0.3) is 0 Å². The molecular weight excluding hydrogens is 347 g/mol. The molecule has 0 radical (unpaired) electrons. The van der Waals surface area contributed by atoms with Gasteiger partial charge in [-0.25, -0.2) is 4.98 Å². The van der Waals surface area contributed by atoms with Crippen molar-refractivity contribution in [2.75, 3.05) is 0 Å². The highest BCUT2D eigenvalue weighted by atomic mass is 35.5. The lowest BCUT2D eigenvalue weighted by Crippen LogP contribution is -2.20. The molecule has 0 aliphatic rings. The molecule has 128 valence electrons. The number of ether oxygens (including phenoxy) is 2. The molecule has 0 aliphatic carbocycles. The van der Waals surface area contributed by atoms with E-state index in [1.54, 1.807) is 19.1 Å². The minimum Gasteiger partial charge on any atom is -0.483 e. The molecule has 1 heterocycles. The highest BCUT2D eigenvalue weighted by Gasteiger charge is 2.31. The van der Waals surface area contributed by atoms with Gasteiger partial charge in [-0.1, -0.05) is 11.6 Å². The Morgan fingerprint density at radius 2 is 1.79 bits per heavy atom. The third-order valence-electron chi connectivity index (χ3n) is 3.06. The molecule has 0 saturated carbocycles. The van der Waals surface area contributed by atoms with Crippen molar-refractivity contribution in [3.05, 3.63) is 47.1 Å². The van der Waals surface area contributed by atoms with Crippen molar-refractivity contribution in [2.24, 2.45) is 0 Å². The first-order chi connectivity index (χ1) is 11.2. The van der Waals surface area contributed by atoms with Gasteiger partial charge in [-0.2, -0.15) is 13.2 Å². The predicted molar refractivity (Wildman–Crippen MR) is 81.5 cm³/mol. The van der Waals surface area contributed by atoms with Gasteiger partial charge in [0.1, 0.15) is 16.5 Å². The number of aromatic nitrogens is 1. The number of benzene rings is 1. The fourth-order valence-electron chi connectivity index (χ4n) is 1.64. The van der Waals surface area contributed by atoms with Crippen molar-refractivity contribution in [2.45, 2.75) is 26.1 Å². The van der Waals surface area contributed by atoms with E-state index in [9.17, 15) is 18.0 Å². The van der Waals surface area contributed by atoms with Crippen LogP contribution in [0.5, 0.6) is 17.4 Å². The van der Waals surface area contributed by atoms with Gasteiger partial charge in [-0.3, -0.25) is 4.79 Å². The topological polar surface area (TPSA) is 48.4 Å². The molecular formula is C16H13ClF3NO3. The molecule has 0 bridgehead atoms. The van der Waals surface area contributed by atoms with Crippen LogP contribution in [0.25, 0.3) is 0 Å². The quantitative estimate of drug-likeness (QED) is 0.761. The minimum absolute atomic E-state index is 0.115. The van der Waals surface area contributed by atoms with Gasteiger partial charge < -0.3 is 9.47 Å². The molecule has 0 amide bonds. The lowest BCUT2D eigenvalue weighted by Gasteiger charge is -2.12. The summed E-state index contributed by atoms with van der Waals surface area (Å²) in [6.07, 6.45) is -4.46. The summed E-state index contributed by atoms with van der Waals surface area (Å²) in [7, 11) is 0. The summed E-state index contributed by atoms with van der Waals surface area (Å²) in [6, 6.07) is 6.92. The molecule has 24 heavy (non-hydrogen) atoms. The summed E-state index contributed by atoms with van der Waals surface area (Å²) in [4.78, 5) is 14.7. The summed E-state index contributed by atoms with van der Waals surface area (Å²) in [6.45, 7) is 3.04. The van der Waals surface area contributed by atoms with Gasteiger partial charge >= 0.3 is 6.18 Å². The number of carbonyl (C=O) groups is 1. The smallest absolute Gasteiger partial charge is 0.417 e. The number of rotatable bonds is 5. The fourth-order valence-corrected chi connectivity index (χ4v) is 1.85. The normalized spacial score (nSPS) is 12.6. The van der Waals surface area contributed by atoms with Crippen LogP contribution in [0, 0.1) is 0 Å². The van der Waals surface area contributed by atoms with E-state index in [-0.39, 0.29) is 16.7 Å². The van der Waals surface area contributed by atoms with Crippen molar-refractivity contribution in [1.29, 1.82) is 0 Å². The van der Waals surface area contributed by atoms with Gasteiger partial charge in [0.05, 0.1) is 5.56 Å². The van der Waals surface area contributed by atoms with Gasteiger partial charge in [-0.05, 0) is 44.2 Å². The molecule has 2 aromatic rings. The summed E-state index contributed by atoms with van der Waals surface area (Å²) < 4.78 is 48.4. The Hall–Kier alpha value is -2.28. The summed E-state index contributed by atoms with van der Waals surface area (Å²) >= 11 is 5.77. The Morgan fingerprint density at radius 1 is 1.21 bits per heavy atom. The molecule has 0 N–H and O–H groups in total. The van der Waals surface area contributed by atoms with Gasteiger partial charge in [0, 0.05) is 6.20 Å². The Labute approximate surface area is 141 Å². The number of halogens is 4.